The van der Waals surface area contributed by atoms with Gasteiger partial charge in [0.25, 0.3) is 0 Å². The molecule has 9 heteroatoms. The highest BCUT2D eigenvalue weighted by Gasteiger charge is 2.25. The Morgan fingerprint density at radius 3 is 2.59 bits per heavy atom. The number of aromatic nitrogens is 2. The van der Waals surface area contributed by atoms with Gasteiger partial charge in [-0.1, -0.05) is 46.6 Å². The monoisotopic (exact) mass is 474 g/mol. The number of ether oxygens (including phenoxy) is 1. The van der Waals surface area contributed by atoms with Crippen LogP contribution in [0.5, 0.6) is 0 Å². The molecule has 4 rings (SSSR count). The second-order valence-electron chi connectivity index (χ2n) is 7.51. The van der Waals surface area contributed by atoms with Gasteiger partial charge in [0, 0.05) is 48.1 Å². The van der Waals surface area contributed by atoms with E-state index in [-0.39, 0.29) is 18.4 Å². The molecular weight excluding hydrogens is 451 g/mol. The lowest BCUT2D eigenvalue weighted by Crippen LogP contribution is -2.44. The van der Waals surface area contributed by atoms with E-state index in [0.717, 1.165) is 24.2 Å². The van der Waals surface area contributed by atoms with E-state index in [1.54, 1.807) is 12.1 Å². The van der Waals surface area contributed by atoms with E-state index in [0.29, 0.717) is 47.9 Å². The van der Waals surface area contributed by atoms with Crippen LogP contribution in [0.3, 0.4) is 0 Å². The van der Waals surface area contributed by atoms with Crippen molar-refractivity contribution in [1.82, 2.24) is 20.4 Å². The quantitative estimate of drug-likeness (QED) is 0.527. The lowest BCUT2D eigenvalue weighted by atomic mass is 10.0. The second kappa shape index (κ2) is 10.9. The maximum Gasteiger partial charge on any atom is 0.227 e. The third-order valence-electron chi connectivity index (χ3n) is 5.38. The first kappa shape index (κ1) is 22.7. The molecule has 1 unspecified atom stereocenters. The predicted molar refractivity (Wildman–Crippen MR) is 123 cm³/mol. The van der Waals surface area contributed by atoms with Crippen molar-refractivity contribution in [3.8, 4) is 11.4 Å². The average molecular weight is 475 g/mol. The molecule has 0 saturated carbocycles. The van der Waals surface area contributed by atoms with E-state index in [2.05, 4.69) is 20.4 Å². The van der Waals surface area contributed by atoms with Gasteiger partial charge in [0.1, 0.15) is 0 Å². The molecule has 2 aromatic carbocycles. The van der Waals surface area contributed by atoms with Gasteiger partial charge in [-0.3, -0.25) is 9.69 Å². The first-order valence-electron chi connectivity index (χ1n) is 10.5. The third kappa shape index (κ3) is 5.86. The Labute approximate surface area is 196 Å². The molecule has 1 amide bonds. The molecule has 7 nitrogen and oxygen atoms in total. The number of amides is 1. The molecule has 1 aliphatic heterocycles. The summed E-state index contributed by atoms with van der Waals surface area (Å²) in [6.07, 6.45) is 0.612. The molecule has 0 bridgehead atoms. The molecule has 3 aromatic rings. The SMILES string of the molecule is O=C(CCc1nc(-c2ccc(Cl)cc2)no1)NCC(c1ccccc1Cl)N1CCOCC1. The van der Waals surface area contributed by atoms with Crippen molar-refractivity contribution in [1.29, 1.82) is 0 Å². The van der Waals surface area contributed by atoms with Crippen LogP contribution in [0.2, 0.25) is 10.0 Å². The Hall–Kier alpha value is -2.45. The summed E-state index contributed by atoms with van der Waals surface area (Å²) >= 11 is 12.4. The zero-order valence-corrected chi connectivity index (χ0v) is 19.0. The van der Waals surface area contributed by atoms with Crippen molar-refractivity contribution in [3.05, 3.63) is 70.0 Å². The average Bonchev–Trinajstić information content (AvgIpc) is 3.29. The zero-order chi connectivity index (χ0) is 22.3. The Kier molecular flexibility index (Phi) is 7.76. The minimum atomic E-state index is -0.0819. The first-order valence-corrected chi connectivity index (χ1v) is 11.3. The number of halogens is 2. The lowest BCUT2D eigenvalue weighted by Gasteiger charge is -2.35. The minimum absolute atomic E-state index is 0.0172. The van der Waals surface area contributed by atoms with Gasteiger partial charge in [-0.05, 0) is 35.9 Å². The van der Waals surface area contributed by atoms with Gasteiger partial charge in [0.05, 0.1) is 19.3 Å². The summed E-state index contributed by atoms with van der Waals surface area (Å²) in [6, 6.07) is 14.9. The van der Waals surface area contributed by atoms with Crippen LogP contribution in [0.1, 0.15) is 23.9 Å². The number of nitrogens with zero attached hydrogens (tertiary/aromatic N) is 3. The zero-order valence-electron chi connectivity index (χ0n) is 17.5. The Morgan fingerprint density at radius 1 is 1.09 bits per heavy atom. The largest absolute Gasteiger partial charge is 0.379 e. The molecule has 0 aliphatic carbocycles. The maximum absolute atomic E-state index is 12.5. The van der Waals surface area contributed by atoms with Crippen molar-refractivity contribution < 1.29 is 14.1 Å². The number of rotatable bonds is 8. The summed E-state index contributed by atoms with van der Waals surface area (Å²) in [5, 5.41) is 8.35. The van der Waals surface area contributed by atoms with Crippen LogP contribution in [-0.4, -0.2) is 53.8 Å². The van der Waals surface area contributed by atoms with Gasteiger partial charge >= 0.3 is 0 Å². The highest BCUT2D eigenvalue weighted by molar-refractivity contribution is 6.31. The Bertz CT molecular complexity index is 1040. The van der Waals surface area contributed by atoms with Gasteiger partial charge in [-0.25, -0.2) is 0 Å². The van der Waals surface area contributed by atoms with Gasteiger partial charge in [-0.2, -0.15) is 4.98 Å². The fourth-order valence-electron chi connectivity index (χ4n) is 3.66. The van der Waals surface area contributed by atoms with E-state index in [1.165, 1.54) is 0 Å². The molecule has 1 N–H and O–H groups in total. The van der Waals surface area contributed by atoms with Gasteiger partial charge in [0.15, 0.2) is 0 Å². The molecule has 0 spiro atoms. The Morgan fingerprint density at radius 2 is 1.84 bits per heavy atom. The van der Waals surface area contributed by atoms with E-state index in [1.807, 2.05) is 36.4 Å². The van der Waals surface area contributed by atoms with E-state index >= 15 is 0 Å². The number of carbonyl (C=O) groups is 1. The Balaban J connectivity index is 1.33. The van der Waals surface area contributed by atoms with Crippen LogP contribution in [0.25, 0.3) is 11.4 Å². The third-order valence-corrected chi connectivity index (χ3v) is 5.98. The molecule has 1 saturated heterocycles. The van der Waals surface area contributed by atoms with Gasteiger partial charge in [-0.15, -0.1) is 0 Å². The van der Waals surface area contributed by atoms with Crippen molar-refractivity contribution in [2.45, 2.75) is 18.9 Å². The van der Waals surface area contributed by atoms with Crippen molar-refractivity contribution >= 4 is 29.1 Å². The normalized spacial score (nSPS) is 15.4. The summed E-state index contributed by atoms with van der Waals surface area (Å²) in [5.74, 6) is 0.811. The number of carbonyl (C=O) groups excluding carboxylic acids is 1. The van der Waals surface area contributed by atoms with Crippen LogP contribution in [0.15, 0.2) is 53.1 Å². The smallest absolute Gasteiger partial charge is 0.227 e. The fourth-order valence-corrected chi connectivity index (χ4v) is 4.05. The topological polar surface area (TPSA) is 80.5 Å². The molecule has 32 heavy (non-hydrogen) atoms. The molecule has 1 fully saturated rings. The van der Waals surface area contributed by atoms with Gasteiger partial charge in [0.2, 0.25) is 17.6 Å². The summed E-state index contributed by atoms with van der Waals surface area (Å²) < 4.78 is 10.8. The molecule has 168 valence electrons. The van der Waals surface area contributed by atoms with E-state index in [4.69, 9.17) is 32.5 Å². The van der Waals surface area contributed by atoms with Gasteiger partial charge < -0.3 is 14.6 Å². The summed E-state index contributed by atoms with van der Waals surface area (Å²) in [4.78, 5) is 19.2. The molecule has 1 aliphatic rings. The van der Waals surface area contributed by atoms with Crippen LogP contribution in [-0.2, 0) is 16.0 Å². The summed E-state index contributed by atoms with van der Waals surface area (Å²) in [6.45, 7) is 3.38. The summed E-state index contributed by atoms with van der Waals surface area (Å²) in [7, 11) is 0. The number of hydrogen-bond acceptors (Lipinski definition) is 6. The number of hydrogen-bond donors (Lipinski definition) is 1. The highest BCUT2D eigenvalue weighted by atomic mass is 35.5. The predicted octanol–water partition coefficient (Wildman–Crippen LogP) is 4.17. The number of aryl methyl sites for hydroxylation is 1. The molecule has 1 atom stereocenters. The minimum Gasteiger partial charge on any atom is -0.379 e. The van der Waals surface area contributed by atoms with Crippen LogP contribution in [0, 0.1) is 0 Å². The van der Waals surface area contributed by atoms with E-state index in [9.17, 15) is 4.79 Å². The van der Waals surface area contributed by atoms with E-state index < -0.39 is 0 Å². The van der Waals surface area contributed by atoms with Crippen molar-refractivity contribution in [3.63, 3.8) is 0 Å². The maximum atomic E-state index is 12.5. The lowest BCUT2D eigenvalue weighted by molar-refractivity contribution is -0.121. The number of benzene rings is 2. The fraction of sp³-hybridized carbons (Fsp3) is 0.348. The molecule has 0 radical (unpaired) electrons. The van der Waals surface area contributed by atoms with Crippen LogP contribution >= 0.6 is 23.2 Å². The second-order valence-corrected chi connectivity index (χ2v) is 8.35. The molecular formula is C23H24Cl2N4O3. The first-order chi connectivity index (χ1) is 15.6. The highest BCUT2D eigenvalue weighted by Crippen LogP contribution is 2.28. The van der Waals surface area contributed by atoms with Crippen molar-refractivity contribution in [2.75, 3.05) is 32.8 Å². The number of morpholine rings is 1. The van der Waals surface area contributed by atoms with Crippen LogP contribution < -0.4 is 5.32 Å². The van der Waals surface area contributed by atoms with Crippen molar-refractivity contribution in [2.24, 2.45) is 0 Å². The molecule has 1 aromatic heterocycles. The number of nitrogens with one attached hydrogen (secondary N) is 1. The standard InChI is InChI=1S/C23H24Cl2N4O3/c24-17-7-5-16(6-8-17)23-27-22(32-28-23)10-9-21(30)26-15-20(29-11-13-31-14-12-29)18-3-1-2-4-19(18)25/h1-8,20H,9-15H2,(H,26,30). The molecule has 2 heterocycles. The van der Waals surface area contributed by atoms with Crippen LogP contribution in [0.4, 0.5) is 0 Å². The summed E-state index contributed by atoms with van der Waals surface area (Å²) in [5.41, 5.74) is 1.81.